The van der Waals surface area contributed by atoms with Crippen LogP contribution >= 0.6 is 11.6 Å². The number of nitrogens with zero attached hydrogens (tertiary/aromatic N) is 3. The third-order valence-electron chi connectivity index (χ3n) is 3.64. The van der Waals surface area contributed by atoms with Crippen molar-refractivity contribution in [3.8, 4) is 0 Å². The Kier molecular flexibility index (Phi) is 3.44. The Morgan fingerprint density at radius 1 is 0.833 bits per heavy atom. The van der Waals surface area contributed by atoms with Crippen molar-refractivity contribution >= 4 is 39.3 Å². The fourth-order valence-corrected chi connectivity index (χ4v) is 4.03. The van der Waals surface area contributed by atoms with Crippen LogP contribution in [0.1, 0.15) is 5.56 Å². The molecule has 0 amide bonds. The lowest BCUT2D eigenvalue weighted by atomic mass is 10.2. The summed E-state index contributed by atoms with van der Waals surface area (Å²) in [7, 11) is -3.70. The van der Waals surface area contributed by atoms with E-state index in [-0.39, 0.29) is 15.5 Å². The molecule has 0 aromatic heterocycles. The van der Waals surface area contributed by atoms with Crippen molar-refractivity contribution in [2.24, 2.45) is 15.0 Å². The number of halogens is 1. The van der Waals surface area contributed by atoms with Crippen LogP contribution in [0.25, 0.3) is 0 Å². The molecule has 0 atom stereocenters. The van der Waals surface area contributed by atoms with E-state index in [9.17, 15) is 8.42 Å². The third kappa shape index (κ3) is 2.31. The van der Waals surface area contributed by atoms with Crippen molar-refractivity contribution in [1.82, 2.24) is 0 Å². The predicted octanol–water partition coefficient (Wildman–Crippen LogP) is 3.27. The molecule has 5 nitrogen and oxygen atoms in total. The van der Waals surface area contributed by atoms with E-state index in [0.717, 1.165) is 0 Å². The molecule has 0 radical (unpaired) electrons. The lowest BCUT2D eigenvalue weighted by Crippen LogP contribution is -2.06. The third-order valence-corrected chi connectivity index (χ3v) is 5.74. The Morgan fingerprint density at radius 2 is 1.54 bits per heavy atom. The summed E-state index contributed by atoms with van der Waals surface area (Å²) in [5.74, 6) is 0.655. The first kappa shape index (κ1) is 15.0. The van der Waals surface area contributed by atoms with E-state index in [1.54, 1.807) is 48.5 Å². The molecule has 2 aromatic rings. The summed E-state index contributed by atoms with van der Waals surface area (Å²) >= 11 is 6.16. The van der Waals surface area contributed by atoms with Crippen molar-refractivity contribution < 1.29 is 8.42 Å². The summed E-state index contributed by atoms with van der Waals surface area (Å²) in [6.45, 7) is 0. The number of rotatable bonds is 3. The Balaban J connectivity index is 1.84. The van der Waals surface area contributed by atoms with Crippen LogP contribution in [0, 0.1) is 0 Å². The quantitative estimate of drug-likeness (QED) is 0.847. The standard InChI is InChI=1S/C17H10ClN3O2S/c18-13-9-5-4-8-12(13)16-20-15-14(10-19-17(15)21-16)24(22,23)11-6-2-1-3-7-11/h1-10H. The molecule has 4 rings (SSSR count). The van der Waals surface area contributed by atoms with E-state index in [4.69, 9.17) is 11.6 Å². The molecule has 118 valence electrons. The van der Waals surface area contributed by atoms with Gasteiger partial charge in [-0.1, -0.05) is 41.9 Å². The molecular weight excluding hydrogens is 346 g/mol. The van der Waals surface area contributed by atoms with Gasteiger partial charge in [-0.3, -0.25) is 0 Å². The largest absolute Gasteiger partial charge is 0.234 e. The number of sulfone groups is 1. The van der Waals surface area contributed by atoms with Crippen LogP contribution in [0.3, 0.4) is 0 Å². The average Bonchev–Trinajstić information content (AvgIpc) is 3.16. The number of aliphatic imine (C=N–C) groups is 3. The van der Waals surface area contributed by atoms with Crippen LogP contribution in [-0.4, -0.2) is 26.3 Å². The predicted molar refractivity (Wildman–Crippen MR) is 94.6 cm³/mol. The number of hydrogen-bond donors (Lipinski definition) is 0. The molecular formula is C17H10ClN3O2S. The zero-order chi connectivity index (χ0) is 16.7. The van der Waals surface area contributed by atoms with Gasteiger partial charge in [0.15, 0.2) is 11.7 Å². The topological polar surface area (TPSA) is 71.2 Å². The Morgan fingerprint density at radius 3 is 2.29 bits per heavy atom. The van der Waals surface area contributed by atoms with Gasteiger partial charge in [0.2, 0.25) is 9.84 Å². The highest BCUT2D eigenvalue weighted by atomic mass is 35.5. The summed E-state index contributed by atoms with van der Waals surface area (Å²) in [5, 5.41) is 0.498. The maximum Gasteiger partial charge on any atom is 0.210 e. The van der Waals surface area contributed by atoms with Gasteiger partial charge in [-0.05, 0) is 24.3 Å². The van der Waals surface area contributed by atoms with E-state index in [2.05, 4.69) is 15.0 Å². The number of fused-ring (bicyclic) bond motifs is 1. The molecule has 0 saturated carbocycles. The molecule has 7 heteroatoms. The second-order valence-corrected chi connectivity index (χ2v) is 7.46. The number of allylic oxidation sites excluding steroid dienone is 1. The van der Waals surface area contributed by atoms with Crippen molar-refractivity contribution in [2.45, 2.75) is 4.90 Å². The van der Waals surface area contributed by atoms with Gasteiger partial charge in [-0.2, -0.15) is 0 Å². The molecule has 2 aliphatic rings. The van der Waals surface area contributed by atoms with Crippen LogP contribution in [0.4, 0.5) is 0 Å². The minimum atomic E-state index is -3.70. The van der Waals surface area contributed by atoms with Gasteiger partial charge in [-0.25, -0.2) is 23.4 Å². The fraction of sp³-hybridized carbons (Fsp3) is 0. The van der Waals surface area contributed by atoms with Crippen molar-refractivity contribution in [2.75, 3.05) is 0 Å². The molecule has 0 spiro atoms. The van der Waals surface area contributed by atoms with Crippen molar-refractivity contribution in [1.29, 1.82) is 0 Å². The van der Waals surface area contributed by atoms with E-state index in [1.165, 1.54) is 6.21 Å². The van der Waals surface area contributed by atoms with Crippen molar-refractivity contribution in [3.05, 3.63) is 75.8 Å². The van der Waals surface area contributed by atoms with Gasteiger partial charge < -0.3 is 0 Å². The molecule has 0 fully saturated rings. The van der Waals surface area contributed by atoms with Gasteiger partial charge in [0.25, 0.3) is 0 Å². The average molecular weight is 356 g/mol. The minimum absolute atomic E-state index is 0.0505. The molecule has 2 aromatic carbocycles. The van der Waals surface area contributed by atoms with E-state index in [1.807, 2.05) is 6.07 Å². The highest BCUT2D eigenvalue weighted by Crippen LogP contribution is 2.30. The molecule has 2 aliphatic heterocycles. The Bertz CT molecular complexity index is 1070. The maximum absolute atomic E-state index is 12.8. The number of benzene rings is 2. The zero-order valence-electron chi connectivity index (χ0n) is 12.2. The summed E-state index contributed by atoms with van der Waals surface area (Å²) in [6, 6.07) is 15.3. The smallest absolute Gasteiger partial charge is 0.210 e. The van der Waals surface area contributed by atoms with Gasteiger partial charge in [0, 0.05) is 5.56 Å². The summed E-state index contributed by atoms with van der Waals surface area (Å²) < 4.78 is 25.6. The molecule has 0 N–H and O–H groups in total. The summed E-state index contributed by atoms with van der Waals surface area (Å²) in [6.07, 6.45) is 1.30. The summed E-state index contributed by atoms with van der Waals surface area (Å²) in [4.78, 5) is 13.0. The van der Waals surface area contributed by atoms with Gasteiger partial charge in [0.05, 0.1) is 16.1 Å². The van der Waals surface area contributed by atoms with E-state index < -0.39 is 9.84 Å². The first-order valence-corrected chi connectivity index (χ1v) is 8.94. The van der Waals surface area contributed by atoms with Gasteiger partial charge in [-0.15, -0.1) is 0 Å². The van der Waals surface area contributed by atoms with E-state index in [0.29, 0.717) is 22.3 Å². The lowest BCUT2D eigenvalue weighted by Gasteiger charge is -2.03. The monoisotopic (exact) mass is 355 g/mol. The highest BCUT2D eigenvalue weighted by molar-refractivity contribution is 7.96. The lowest BCUT2D eigenvalue weighted by molar-refractivity contribution is 0.603. The summed E-state index contributed by atoms with van der Waals surface area (Å²) in [5.41, 5.74) is 0.897. The molecule has 0 unspecified atom stereocenters. The van der Waals surface area contributed by atoms with E-state index >= 15 is 0 Å². The normalized spacial score (nSPS) is 16.2. The minimum Gasteiger partial charge on any atom is -0.234 e. The molecule has 0 aliphatic carbocycles. The van der Waals surface area contributed by atoms with Crippen LogP contribution < -0.4 is 0 Å². The SMILES string of the molecule is O=S(=O)(C1=C2N=C(c3ccccc3Cl)N=C2N=C1)c1ccccc1. The van der Waals surface area contributed by atoms with Crippen LogP contribution in [0.5, 0.6) is 0 Å². The van der Waals surface area contributed by atoms with Crippen LogP contribution in [0.15, 0.2) is 85.1 Å². The molecule has 2 heterocycles. The number of hydrogen-bond acceptors (Lipinski definition) is 5. The molecule has 0 saturated heterocycles. The number of amidine groups is 2. The maximum atomic E-state index is 12.8. The second-order valence-electron chi connectivity index (χ2n) is 5.14. The molecule has 0 bridgehead atoms. The van der Waals surface area contributed by atoms with Crippen molar-refractivity contribution in [3.63, 3.8) is 0 Å². The first-order chi connectivity index (χ1) is 11.6. The van der Waals surface area contributed by atoms with Gasteiger partial charge in [0.1, 0.15) is 10.6 Å². The highest BCUT2D eigenvalue weighted by Gasteiger charge is 2.32. The van der Waals surface area contributed by atoms with Crippen LogP contribution in [-0.2, 0) is 9.84 Å². The van der Waals surface area contributed by atoms with Gasteiger partial charge >= 0.3 is 0 Å². The Labute approximate surface area is 143 Å². The first-order valence-electron chi connectivity index (χ1n) is 7.08. The molecule has 24 heavy (non-hydrogen) atoms. The zero-order valence-corrected chi connectivity index (χ0v) is 13.8. The van der Waals surface area contributed by atoms with Crippen LogP contribution in [0.2, 0.25) is 5.02 Å². The second kappa shape index (κ2) is 5.51. The Hall–Kier alpha value is -2.57. The fourth-order valence-electron chi connectivity index (χ4n) is 2.46.